The molecule has 1 aromatic rings. The third-order valence-electron chi connectivity index (χ3n) is 4.22. The van der Waals surface area contributed by atoms with Gasteiger partial charge in [-0.2, -0.15) is 0 Å². The number of carbonyl (C=O) groups excluding carboxylic acids is 1. The minimum absolute atomic E-state index is 0.185. The number of hydrogen-bond acceptors (Lipinski definition) is 3. The van der Waals surface area contributed by atoms with E-state index in [0.717, 1.165) is 50.3 Å². The van der Waals surface area contributed by atoms with E-state index in [4.69, 9.17) is 0 Å². The van der Waals surface area contributed by atoms with Crippen molar-refractivity contribution in [1.29, 1.82) is 0 Å². The van der Waals surface area contributed by atoms with Crippen LogP contribution >= 0.6 is 0 Å². The van der Waals surface area contributed by atoms with Crippen molar-refractivity contribution in [2.75, 3.05) is 39.8 Å². The van der Waals surface area contributed by atoms with Gasteiger partial charge in [0.05, 0.1) is 0 Å². The number of nitrogens with one attached hydrogen (secondary N) is 1. The van der Waals surface area contributed by atoms with Gasteiger partial charge in [0.15, 0.2) is 0 Å². The zero-order valence-electron chi connectivity index (χ0n) is 13.4. The summed E-state index contributed by atoms with van der Waals surface area (Å²) in [6.07, 6.45) is 0.893. The normalized spacial score (nSPS) is 16.5. The molecule has 116 valence electrons. The van der Waals surface area contributed by atoms with Crippen molar-refractivity contribution in [3.8, 4) is 0 Å². The summed E-state index contributed by atoms with van der Waals surface area (Å²) >= 11 is 0. The van der Waals surface area contributed by atoms with Crippen molar-refractivity contribution in [1.82, 2.24) is 15.1 Å². The lowest BCUT2D eigenvalue weighted by Crippen LogP contribution is -2.50. The average Bonchev–Trinajstić information content (AvgIpc) is 2.52. The van der Waals surface area contributed by atoms with Gasteiger partial charge in [0.1, 0.15) is 0 Å². The second-order valence-electron chi connectivity index (χ2n) is 5.93. The molecule has 0 aliphatic carbocycles. The summed E-state index contributed by atoms with van der Waals surface area (Å²) < 4.78 is 0. The van der Waals surface area contributed by atoms with Gasteiger partial charge >= 0.3 is 0 Å². The smallest absolute Gasteiger partial charge is 0.254 e. The van der Waals surface area contributed by atoms with Crippen LogP contribution in [0.5, 0.6) is 0 Å². The van der Waals surface area contributed by atoms with E-state index in [0.29, 0.717) is 6.04 Å². The molecule has 0 bridgehead atoms. The summed E-state index contributed by atoms with van der Waals surface area (Å²) in [6, 6.07) is 8.56. The van der Waals surface area contributed by atoms with Gasteiger partial charge in [-0.1, -0.05) is 18.2 Å². The molecule has 0 atom stereocenters. The Kier molecular flexibility index (Phi) is 5.76. The van der Waals surface area contributed by atoms with Gasteiger partial charge in [0.25, 0.3) is 5.91 Å². The highest BCUT2D eigenvalue weighted by molar-refractivity contribution is 5.95. The first-order valence-electron chi connectivity index (χ1n) is 7.89. The molecule has 0 radical (unpaired) electrons. The molecule has 1 aromatic carbocycles. The van der Waals surface area contributed by atoms with E-state index in [1.54, 1.807) is 0 Å². The first-order valence-corrected chi connectivity index (χ1v) is 7.89. The summed E-state index contributed by atoms with van der Waals surface area (Å²) in [6.45, 7) is 8.93. The molecular weight excluding hydrogens is 262 g/mol. The van der Waals surface area contributed by atoms with Crippen LogP contribution in [-0.2, 0) is 6.42 Å². The molecule has 4 heteroatoms. The van der Waals surface area contributed by atoms with Crippen molar-refractivity contribution < 1.29 is 4.79 Å². The quantitative estimate of drug-likeness (QED) is 0.894. The van der Waals surface area contributed by atoms with E-state index in [1.807, 2.05) is 30.1 Å². The van der Waals surface area contributed by atoms with Crippen LogP contribution in [0.25, 0.3) is 0 Å². The fourth-order valence-electron chi connectivity index (χ4n) is 2.82. The number of likely N-dealkylation sites (N-methyl/N-ethyl adjacent to an activating group) is 1. The van der Waals surface area contributed by atoms with Gasteiger partial charge in [-0.05, 0) is 45.5 Å². The lowest BCUT2D eigenvalue weighted by molar-refractivity contribution is 0.0594. The maximum absolute atomic E-state index is 12.7. The van der Waals surface area contributed by atoms with E-state index >= 15 is 0 Å². The average molecular weight is 289 g/mol. The molecule has 1 saturated heterocycles. The molecule has 1 fully saturated rings. The molecular formula is C17H27N3O. The van der Waals surface area contributed by atoms with Gasteiger partial charge in [0.2, 0.25) is 0 Å². The number of carbonyl (C=O) groups is 1. The number of nitrogens with zero attached hydrogens (tertiary/aromatic N) is 2. The molecule has 0 saturated carbocycles. The molecule has 0 spiro atoms. The van der Waals surface area contributed by atoms with Gasteiger partial charge in [0, 0.05) is 37.8 Å². The van der Waals surface area contributed by atoms with Crippen molar-refractivity contribution in [3.05, 3.63) is 35.4 Å². The molecule has 4 nitrogen and oxygen atoms in total. The topological polar surface area (TPSA) is 35.6 Å². The standard InChI is InChI=1S/C17H27N3O/c1-14(2)19-10-12-20(13-11-19)17(21)16-7-5-4-6-15(16)8-9-18-3/h4-7,14,18H,8-13H2,1-3H3. The maximum atomic E-state index is 12.7. The largest absolute Gasteiger partial charge is 0.336 e. The van der Waals surface area contributed by atoms with Crippen molar-refractivity contribution in [3.63, 3.8) is 0 Å². The Labute approximate surface area is 128 Å². The van der Waals surface area contributed by atoms with E-state index in [9.17, 15) is 4.79 Å². The molecule has 21 heavy (non-hydrogen) atoms. The monoisotopic (exact) mass is 289 g/mol. The van der Waals surface area contributed by atoms with Crippen LogP contribution in [0.1, 0.15) is 29.8 Å². The SMILES string of the molecule is CNCCc1ccccc1C(=O)N1CCN(C(C)C)CC1. The molecule has 1 N–H and O–H groups in total. The summed E-state index contributed by atoms with van der Waals surface area (Å²) in [5.74, 6) is 0.185. The molecule has 1 heterocycles. The lowest BCUT2D eigenvalue weighted by Gasteiger charge is -2.37. The molecule has 1 amide bonds. The predicted octanol–water partition coefficient (Wildman–Crippen LogP) is 1.61. The maximum Gasteiger partial charge on any atom is 0.254 e. The van der Waals surface area contributed by atoms with Crippen molar-refractivity contribution >= 4 is 5.91 Å². The highest BCUT2D eigenvalue weighted by atomic mass is 16.2. The lowest BCUT2D eigenvalue weighted by atomic mass is 10.0. The first-order chi connectivity index (χ1) is 10.1. The first kappa shape index (κ1) is 16.0. The minimum Gasteiger partial charge on any atom is -0.336 e. The van der Waals surface area contributed by atoms with Crippen LogP contribution in [-0.4, -0.2) is 61.5 Å². The predicted molar refractivity (Wildman–Crippen MR) is 86.7 cm³/mol. The Balaban J connectivity index is 2.04. The van der Waals surface area contributed by atoms with Crippen LogP contribution < -0.4 is 5.32 Å². The van der Waals surface area contributed by atoms with Crippen LogP contribution in [0.4, 0.5) is 0 Å². The Morgan fingerprint density at radius 2 is 1.86 bits per heavy atom. The zero-order chi connectivity index (χ0) is 15.2. The van der Waals surface area contributed by atoms with E-state index in [-0.39, 0.29) is 5.91 Å². The third-order valence-corrected chi connectivity index (χ3v) is 4.22. The van der Waals surface area contributed by atoms with E-state index in [1.165, 1.54) is 0 Å². The summed E-state index contributed by atoms with van der Waals surface area (Å²) in [4.78, 5) is 17.2. The number of benzene rings is 1. The number of hydrogen-bond donors (Lipinski definition) is 1. The Morgan fingerprint density at radius 1 is 1.19 bits per heavy atom. The zero-order valence-corrected chi connectivity index (χ0v) is 13.4. The van der Waals surface area contributed by atoms with Crippen molar-refractivity contribution in [2.24, 2.45) is 0 Å². The second-order valence-corrected chi connectivity index (χ2v) is 5.93. The summed E-state index contributed by atoms with van der Waals surface area (Å²) in [7, 11) is 1.94. The molecule has 2 rings (SSSR count). The van der Waals surface area contributed by atoms with Gasteiger partial charge in [-0.3, -0.25) is 9.69 Å². The van der Waals surface area contributed by atoms with Crippen LogP contribution in [0.15, 0.2) is 24.3 Å². The Bertz CT molecular complexity index is 465. The number of amides is 1. The van der Waals surface area contributed by atoms with Crippen molar-refractivity contribution in [2.45, 2.75) is 26.3 Å². The molecule has 1 aliphatic heterocycles. The van der Waals surface area contributed by atoms with Gasteiger partial charge in [-0.15, -0.1) is 0 Å². The third kappa shape index (κ3) is 4.05. The fraction of sp³-hybridized carbons (Fsp3) is 0.588. The second kappa shape index (κ2) is 7.57. The van der Waals surface area contributed by atoms with E-state index in [2.05, 4.69) is 30.1 Å². The Morgan fingerprint density at radius 3 is 2.48 bits per heavy atom. The fourth-order valence-corrected chi connectivity index (χ4v) is 2.82. The highest BCUT2D eigenvalue weighted by Crippen LogP contribution is 2.15. The number of rotatable bonds is 5. The Hall–Kier alpha value is -1.39. The molecule has 1 aliphatic rings. The minimum atomic E-state index is 0.185. The van der Waals surface area contributed by atoms with Crippen LogP contribution in [0, 0.1) is 0 Å². The summed E-state index contributed by atoms with van der Waals surface area (Å²) in [5, 5.41) is 3.15. The molecule has 0 unspecified atom stereocenters. The highest BCUT2D eigenvalue weighted by Gasteiger charge is 2.24. The van der Waals surface area contributed by atoms with Gasteiger partial charge < -0.3 is 10.2 Å². The van der Waals surface area contributed by atoms with E-state index < -0.39 is 0 Å². The summed E-state index contributed by atoms with van der Waals surface area (Å²) in [5.41, 5.74) is 2.01. The molecule has 0 aromatic heterocycles. The van der Waals surface area contributed by atoms with Crippen LogP contribution in [0.3, 0.4) is 0 Å². The van der Waals surface area contributed by atoms with Gasteiger partial charge in [-0.25, -0.2) is 0 Å². The number of piperazine rings is 1. The van der Waals surface area contributed by atoms with Crippen LogP contribution in [0.2, 0.25) is 0 Å².